The van der Waals surface area contributed by atoms with E-state index in [1.54, 1.807) is 28.0 Å². The molecule has 0 aliphatic carbocycles. The molecule has 4 aliphatic heterocycles. The highest BCUT2D eigenvalue weighted by molar-refractivity contribution is 6.34. The number of ether oxygens (including phenoxy) is 1. The molecule has 6 atom stereocenters. The molecular formula is C33H36ClN3O5. The SMILES string of the molecule is CC[C@@H](CO)N1C(=O)[C@@H]2[C@@H]3C(=O)N(Cc4ccccc4)CC=C[C@]3(CC)O[C@@]23C=CCN(c2ccccc2Cl)C(=O)C13. The van der Waals surface area contributed by atoms with Crippen LogP contribution < -0.4 is 4.90 Å². The third-order valence-corrected chi connectivity index (χ3v) is 9.72. The van der Waals surface area contributed by atoms with Gasteiger partial charge in [0.15, 0.2) is 0 Å². The second kappa shape index (κ2) is 11.0. The van der Waals surface area contributed by atoms with Crippen molar-refractivity contribution in [1.82, 2.24) is 9.80 Å². The molecule has 8 nitrogen and oxygen atoms in total. The number of likely N-dealkylation sites (tertiary alicyclic amines) is 1. The first-order valence-electron chi connectivity index (χ1n) is 14.7. The average molecular weight is 590 g/mol. The van der Waals surface area contributed by atoms with Gasteiger partial charge in [-0.1, -0.05) is 92.2 Å². The minimum absolute atomic E-state index is 0.174. The van der Waals surface area contributed by atoms with Crippen molar-refractivity contribution in [3.8, 4) is 0 Å². The Bertz CT molecular complexity index is 1440. The third-order valence-electron chi connectivity index (χ3n) is 9.40. The van der Waals surface area contributed by atoms with E-state index in [1.165, 1.54) is 4.90 Å². The highest BCUT2D eigenvalue weighted by Crippen LogP contribution is 2.59. The molecule has 4 aliphatic rings. The summed E-state index contributed by atoms with van der Waals surface area (Å²) >= 11 is 6.55. The van der Waals surface area contributed by atoms with Crippen LogP contribution >= 0.6 is 11.6 Å². The molecular weight excluding hydrogens is 554 g/mol. The van der Waals surface area contributed by atoms with Crippen LogP contribution in [0.25, 0.3) is 0 Å². The maximum Gasteiger partial charge on any atom is 0.253 e. The van der Waals surface area contributed by atoms with Crippen LogP contribution in [0.4, 0.5) is 5.69 Å². The van der Waals surface area contributed by atoms with E-state index >= 15 is 0 Å². The van der Waals surface area contributed by atoms with E-state index in [0.29, 0.717) is 36.6 Å². The fourth-order valence-corrected chi connectivity index (χ4v) is 7.63. The molecule has 42 heavy (non-hydrogen) atoms. The number of carbonyl (C=O) groups excluding carboxylic acids is 3. The summed E-state index contributed by atoms with van der Waals surface area (Å²) in [4.78, 5) is 48.6. The monoisotopic (exact) mass is 589 g/mol. The van der Waals surface area contributed by atoms with Crippen molar-refractivity contribution in [2.24, 2.45) is 11.8 Å². The van der Waals surface area contributed by atoms with Crippen LogP contribution in [0.1, 0.15) is 32.3 Å². The lowest BCUT2D eigenvalue weighted by Gasteiger charge is -2.40. The Hall–Kier alpha value is -3.46. The maximum atomic E-state index is 14.6. The van der Waals surface area contributed by atoms with Crippen molar-refractivity contribution in [3.63, 3.8) is 0 Å². The molecule has 220 valence electrons. The zero-order valence-electron chi connectivity index (χ0n) is 23.9. The lowest BCUT2D eigenvalue weighted by atomic mass is 9.73. The summed E-state index contributed by atoms with van der Waals surface area (Å²) in [5.41, 5.74) is -0.955. The first-order valence-corrected chi connectivity index (χ1v) is 15.1. The zero-order chi connectivity index (χ0) is 29.6. The third kappa shape index (κ3) is 4.22. The number of benzene rings is 2. The number of carbonyl (C=O) groups is 3. The Morgan fingerprint density at radius 1 is 0.929 bits per heavy atom. The van der Waals surface area contributed by atoms with Crippen molar-refractivity contribution in [2.45, 2.75) is 56.5 Å². The van der Waals surface area contributed by atoms with E-state index < -0.39 is 35.1 Å². The Labute approximate surface area is 251 Å². The van der Waals surface area contributed by atoms with Gasteiger partial charge in [0.1, 0.15) is 11.6 Å². The quantitative estimate of drug-likeness (QED) is 0.494. The number of rotatable bonds is 7. The minimum atomic E-state index is -1.40. The second-order valence-electron chi connectivity index (χ2n) is 11.5. The van der Waals surface area contributed by atoms with Gasteiger partial charge >= 0.3 is 0 Å². The number of nitrogens with zero attached hydrogens (tertiary/aromatic N) is 3. The lowest BCUT2D eigenvalue weighted by Crippen LogP contribution is -2.59. The van der Waals surface area contributed by atoms with Gasteiger partial charge in [-0.3, -0.25) is 14.4 Å². The van der Waals surface area contributed by atoms with Gasteiger partial charge in [0.05, 0.1) is 40.8 Å². The molecule has 9 heteroatoms. The first kappa shape index (κ1) is 28.6. The number of fused-ring (bicyclic) bond motifs is 2. The Balaban J connectivity index is 1.49. The summed E-state index contributed by atoms with van der Waals surface area (Å²) in [6.45, 7) is 4.51. The van der Waals surface area contributed by atoms with E-state index in [0.717, 1.165) is 5.56 Å². The number of para-hydroxylation sites is 1. The van der Waals surface area contributed by atoms with Gasteiger partial charge in [-0.15, -0.1) is 0 Å². The molecule has 2 fully saturated rings. The molecule has 1 spiro atoms. The van der Waals surface area contributed by atoms with Gasteiger partial charge in [-0.05, 0) is 30.5 Å². The minimum Gasteiger partial charge on any atom is -0.394 e. The van der Waals surface area contributed by atoms with E-state index in [-0.39, 0.29) is 30.9 Å². The van der Waals surface area contributed by atoms with Crippen molar-refractivity contribution >= 4 is 35.0 Å². The topological polar surface area (TPSA) is 90.4 Å². The number of hydrogen-bond donors (Lipinski definition) is 1. The fourth-order valence-electron chi connectivity index (χ4n) is 7.39. The summed E-state index contributed by atoms with van der Waals surface area (Å²) in [5.74, 6) is -2.65. The molecule has 2 aromatic rings. The van der Waals surface area contributed by atoms with Crippen LogP contribution in [0.3, 0.4) is 0 Å². The number of aliphatic hydroxyl groups excluding tert-OH is 1. The predicted molar refractivity (Wildman–Crippen MR) is 160 cm³/mol. The molecule has 1 N–H and O–H groups in total. The van der Waals surface area contributed by atoms with Gasteiger partial charge in [0.2, 0.25) is 11.8 Å². The van der Waals surface area contributed by atoms with Crippen molar-refractivity contribution in [1.29, 1.82) is 0 Å². The molecule has 3 amide bonds. The number of aliphatic hydroxyl groups is 1. The first-order chi connectivity index (χ1) is 20.3. The Morgan fingerprint density at radius 2 is 1.64 bits per heavy atom. The fraction of sp³-hybridized carbons (Fsp3) is 0.424. The number of anilines is 1. The van der Waals surface area contributed by atoms with Crippen molar-refractivity contribution in [2.75, 3.05) is 24.6 Å². The number of amides is 3. The van der Waals surface area contributed by atoms with E-state index in [2.05, 4.69) is 0 Å². The molecule has 2 saturated heterocycles. The smallest absolute Gasteiger partial charge is 0.253 e. The second-order valence-corrected chi connectivity index (χ2v) is 11.9. The highest BCUT2D eigenvalue weighted by Gasteiger charge is 2.75. The van der Waals surface area contributed by atoms with Crippen molar-refractivity contribution < 1.29 is 24.2 Å². The normalized spacial score (nSPS) is 31.1. The summed E-state index contributed by atoms with van der Waals surface area (Å²) in [6.07, 6.45) is 8.43. The average Bonchev–Trinajstić information content (AvgIpc) is 3.30. The number of hydrogen-bond acceptors (Lipinski definition) is 5. The van der Waals surface area contributed by atoms with Gasteiger partial charge in [0, 0.05) is 19.6 Å². The van der Waals surface area contributed by atoms with Crippen LogP contribution in [-0.2, 0) is 25.7 Å². The van der Waals surface area contributed by atoms with Gasteiger partial charge < -0.3 is 24.5 Å². The van der Waals surface area contributed by atoms with Gasteiger partial charge in [-0.2, -0.15) is 0 Å². The van der Waals surface area contributed by atoms with E-state index in [1.807, 2.05) is 74.5 Å². The summed E-state index contributed by atoms with van der Waals surface area (Å²) in [7, 11) is 0. The van der Waals surface area contributed by atoms with Crippen molar-refractivity contribution in [3.05, 3.63) is 89.5 Å². The summed E-state index contributed by atoms with van der Waals surface area (Å²) in [5, 5.41) is 10.8. The molecule has 1 unspecified atom stereocenters. The van der Waals surface area contributed by atoms with Crippen LogP contribution in [-0.4, -0.2) is 75.6 Å². The van der Waals surface area contributed by atoms with Gasteiger partial charge in [0.25, 0.3) is 5.91 Å². The standard InChI is InChI=1S/C33H36ClN3O5/c1-3-23(21-38)37-28-31(41)36(25-15-9-8-14-24(25)34)19-11-17-33(28)27(30(37)40)26-29(39)35(20-22-12-6-5-7-13-22)18-10-16-32(26,4-2)42-33/h5-17,23,26-28,38H,3-4,18-21H2,1-2H3/t23-,26+,27-,28?,32-,33-/m0/s1. The molecule has 0 aromatic heterocycles. The summed E-state index contributed by atoms with van der Waals surface area (Å²) in [6, 6.07) is 15.2. The Kier molecular flexibility index (Phi) is 7.50. The van der Waals surface area contributed by atoms with Crippen LogP contribution in [0.15, 0.2) is 78.9 Å². The largest absolute Gasteiger partial charge is 0.394 e. The lowest BCUT2D eigenvalue weighted by molar-refractivity contribution is -0.153. The van der Waals surface area contributed by atoms with Crippen LogP contribution in [0, 0.1) is 11.8 Å². The summed E-state index contributed by atoms with van der Waals surface area (Å²) < 4.78 is 7.03. The number of halogens is 1. The molecule has 4 heterocycles. The molecule has 0 saturated carbocycles. The van der Waals surface area contributed by atoms with Gasteiger partial charge in [-0.25, -0.2) is 0 Å². The van der Waals surface area contributed by atoms with E-state index in [4.69, 9.17) is 16.3 Å². The molecule has 2 aromatic carbocycles. The molecule has 0 bridgehead atoms. The molecule has 0 radical (unpaired) electrons. The maximum absolute atomic E-state index is 14.6. The predicted octanol–water partition coefficient (Wildman–Crippen LogP) is 3.97. The van der Waals surface area contributed by atoms with Crippen LogP contribution in [0.5, 0.6) is 0 Å². The van der Waals surface area contributed by atoms with E-state index in [9.17, 15) is 19.5 Å². The zero-order valence-corrected chi connectivity index (χ0v) is 24.6. The molecule has 6 rings (SSSR count). The Morgan fingerprint density at radius 3 is 2.33 bits per heavy atom. The highest BCUT2D eigenvalue weighted by atomic mass is 35.5. The van der Waals surface area contributed by atoms with Crippen LogP contribution in [0.2, 0.25) is 5.02 Å².